The molecule has 5 nitrogen and oxygen atoms in total. The van der Waals surface area contributed by atoms with Gasteiger partial charge in [-0.15, -0.1) is 0 Å². The van der Waals surface area contributed by atoms with Crippen LogP contribution in [0.5, 0.6) is 0 Å². The van der Waals surface area contributed by atoms with Gasteiger partial charge in [-0.3, -0.25) is 9.59 Å². The van der Waals surface area contributed by atoms with E-state index in [2.05, 4.69) is 12.3 Å². The number of Topliss-reactive ketones (excluding diaryl/α,β-unsaturated/α-hetero) is 2. The van der Waals surface area contributed by atoms with Gasteiger partial charge in [0.15, 0.2) is 15.5 Å². The van der Waals surface area contributed by atoms with Gasteiger partial charge in [0, 0.05) is 6.04 Å². The number of hydrogen-bond acceptors (Lipinski definition) is 4. The molecule has 0 rings (SSSR count). The first kappa shape index (κ1) is 16.2. The Morgan fingerprint density at radius 1 is 1.33 bits per heavy atom. The summed E-state index contributed by atoms with van der Waals surface area (Å²) in [5.41, 5.74) is 4.53. The van der Waals surface area contributed by atoms with Crippen LogP contribution >= 0.6 is 0 Å². The molecule has 86 valence electrons. The lowest BCUT2D eigenvalue weighted by Gasteiger charge is -1.96. The van der Waals surface area contributed by atoms with E-state index in [0.717, 1.165) is 6.08 Å². The number of amides is 1. The van der Waals surface area contributed by atoms with Gasteiger partial charge >= 0.3 is 0 Å². The summed E-state index contributed by atoms with van der Waals surface area (Å²) >= 11 is 0. The van der Waals surface area contributed by atoms with Crippen LogP contribution in [-0.2, 0) is 18.8 Å². The average Bonchev–Trinajstić information content (AvgIpc) is 2.13. The fourth-order valence-electron chi connectivity index (χ4n) is 0.432. The van der Waals surface area contributed by atoms with Crippen LogP contribution in [0.15, 0.2) is 12.7 Å². The van der Waals surface area contributed by atoms with Crippen LogP contribution in [0.3, 0.4) is 0 Å². The highest BCUT2D eigenvalue weighted by Crippen LogP contribution is 1.82. The van der Waals surface area contributed by atoms with Crippen molar-refractivity contribution >= 4 is 27.2 Å². The Balaban J connectivity index is 0. The molecule has 0 saturated carbocycles. The fourth-order valence-corrected chi connectivity index (χ4v) is 1.30. The summed E-state index contributed by atoms with van der Waals surface area (Å²) in [4.78, 5) is 30.1. The Hall–Kier alpha value is -1.27. The molecule has 0 radical (unpaired) electrons. The van der Waals surface area contributed by atoms with E-state index in [1.54, 1.807) is 0 Å². The molecular weight excluding hydrogens is 214 g/mol. The topological polar surface area (TPSA) is 86.5 Å². The van der Waals surface area contributed by atoms with Crippen LogP contribution in [0, 0.1) is 0 Å². The summed E-state index contributed by atoms with van der Waals surface area (Å²) < 4.78 is 4.97. The van der Waals surface area contributed by atoms with Crippen molar-refractivity contribution in [2.75, 3.05) is 6.61 Å². The summed E-state index contributed by atoms with van der Waals surface area (Å²) in [7, 11) is -0.749. The SMILES string of the molecule is C=CC(N)=O.CC(=O)CO[SiH2]CC(C)=O. The minimum atomic E-state index is -0.749. The van der Waals surface area contributed by atoms with E-state index in [9.17, 15) is 14.4 Å². The third-order valence-corrected chi connectivity index (χ3v) is 2.51. The first-order chi connectivity index (χ1) is 6.90. The van der Waals surface area contributed by atoms with Gasteiger partial charge < -0.3 is 15.0 Å². The second-order valence-corrected chi connectivity index (χ2v) is 4.13. The Morgan fingerprint density at radius 2 is 1.80 bits per heavy atom. The molecule has 0 heterocycles. The number of rotatable bonds is 6. The first-order valence-electron chi connectivity index (χ1n) is 4.38. The van der Waals surface area contributed by atoms with Crippen molar-refractivity contribution in [1.29, 1.82) is 0 Å². The molecule has 0 fully saturated rings. The molecule has 15 heavy (non-hydrogen) atoms. The molecule has 0 aromatic heterocycles. The number of carbonyl (C=O) groups is 3. The zero-order valence-corrected chi connectivity index (χ0v) is 10.5. The van der Waals surface area contributed by atoms with Crippen LogP contribution in [0.1, 0.15) is 13.8 Å². The van der Waals surface area contributed by atoms with Crippen molar-refractivity contribution < 1.29 is 18.8 Å². The van der Waals surface area contributed by atoms with Gasteiger partial charge in [-0.25, -0.2) is 0 Å². The first-order valence-corrected chi connectivity index (χ1v) is 5.96. The Bertz CT molecular complexity index is 224. The molecule has 1 amide bonds. The third kappa shape index (κ3) is 24.5. The van der Waals surface area contributed by atoms with Gasteiger partial charge in [0.05, 0.1) is 6.61 Å². The van der Waals surface area contributed by atoms with Crippen LogP contribution in [-0.4, -0.2) is 33.8 Å². The highest BCUT2D eigenvalue weighted by Gasteiger charge is 1.95. The van der Waals surface area contributed by atoms with Crippen molar-refractivity contribution in [3.8, 4) is 0 Å². The van der Waals surface area contributed by atoms with Crippen molar-refractivity contribution in [3.63, 3.8) is 0 Å². The smallest absolute Gasteiger partial charge is 0.240 e. The molecule has 0 saturated heterocycles. The molecular formula is C9H17NO4Si. The second-order valence-electron chi connectivity index (χ2n) is 2.81. The highest BCUT2D eigenvalue weighted by molar-refractivity contribution is 6.34. The molecule has 2 N–H and O–H groups in total. The van der Waals surface area contributed by atoms with Gasteiger partial charge in [-0.1, -0.05) is 6.58 Å². The molecule has 0 unspecified atom stereocenters. The molecule has 0 aromatic carbocycles. The Kier molecular flexibility index (Phi) is 11.6. The normalized spacial score (nSPS) is 9.20. The molecule has 0 bridgehead atoms. The van der Waals surface area contributed by atoms with Crippen LogP contribution < -0.4 is 5.73 Å². The number of primary amides is 1. The molecule has 6 heteroatoms. The Morgan fingerprint density at radius 3 is 2.07 bits per heavy atom. The molecule has 0 aliphatic heterocycles. The predicted molar refractivity (Wildman–Crippen MR) is 60.1 cm³/mol. The van der Waals surface area contributed by atoms with Crippen LogP contribution in [0.2, 0.25) is 6.04 Å². The summed E-state index contributed by atoms with van der Waals surface area (Å²) in [6.07, 6.45) is 1.06. The van der Waals surface area contributed by atoms with Gasteiger partial charge in [0.25, 0.3) is 0 Å². The summed E-state index contributed by atoms with van der Waals surface area (Å²) in [5, 5.41) is 0. The van der Waals surface area contributed by atoms with Crippen molar-refractivity contribution in [2.45, 2.75) is 19.9 Å². The lowest BCUT2D eigenvalue weighted by molar-refractivity contribution is -0.119. The molecule has 0 aliphatic rings. The van der Waals surface area contributed by atoms with Crippen molar-refractivity contribution in [1.82, 2.24) is 0 Å². The highest BCUT2D eigenvalue weighted by atomic mass is 28.2. The number of nitrogens with two attached hydrogens (primary N) is 1. The van der Waals surface area contributed by atoms with E-state index in [1.165, 1.54) is 13.8 Å². The lowest BCUT2D eigenvalue weighted by Crippen LogP contribution is -2.09. The molecule has 0 spiro atoms. The minimum Gasteiger partial charge on any atom is -0.416 e. The van der Waals surface area contributed by atoms with E-state index in [-0.39, 0.29) is 18.2 Å². The minimum absolute atomic E-state index is 0.0241. The van der Waals surface area contributed by atoms with Gasteiger partial charge in [0.1, 0.15) is 5.78 Å². The largest absolute Gasteiger partial charge is 0.416 e. The maximum Gasteiger partial charge on any atom is 0.240 e. The number of hydrogen-bond donors (Lipinski definition) is 1. The van der Waals surface area contributed by atoms with Crippen LogP contribution in [0.25, 0.3) is 0 Å². The van der Waals surface area contributed by atoms with Gasteiger partial charge in [-0.05, 0) is 19.9 Å². The maximum absolute atomic E-state index is 10.4. The third-order valence-electron chi connectivity index (χ3n) is 1.10. The number of ketones is 2. The fraction of sp³-hybridized carbons (Fsp3) is 0.444. The quantitative estimate of drug-likeness (QED) is 0.373. The standard InChI is InChI=1S/C6H12O3Si.C3H5NO/c1-5(7)3-9-10-4-6(2)8;1-2-3(4)5/h3-4,10H2,1-2H3;2H,1H2,(H2,4,5). The average molecular weight is 231 g/mol. The van der Waals surface area contributed by atoms with E-state index in [4.69, 9.17) is 4.43 Å². The van der Waals surface area contributed by atoms with Gasteiger partial charge in [-0.2, -0.15) is 0 Å². The number of carbonyl (C=O) groups excluding carboxylic acids is 3. The monoisotopic (exact) mass is 231 g/mol. The van der Waals surface area contributed by atoms with E-state index in [1.807, 2.05) is 0 Å². The maximum atomic E-state index is 10.4. The second kappa shape index (κ2) is 10.8. The van der Waals surface area contributed by atoms with Crippen molar-refractivity contribution in [2.24, 2.45) is 5.73 Å². The Labute approximate surface area is 91.6 Å². The van der Waals surface area contributed by atoms with E-state index in [0.29, 0.717) is 6.04 Å². The van der Waals surface area contributed by atoms with Crippen molar-refractivity contribution in [3.05, 3.63) is 12.7 Å². The van der Waals surface area contributed by atoms with Crippen LogP contribution in [0.4, 0.5) is 0 Å². The zero-order chi connectivity index (χ0) is 12.3. The van der Waals surface area contributed by atoms with E-state index < -0.39 is 15.7 Å². The summed E-state index contributed by atoms with van der Waals surface area (Å²) in [6, 6.07) is 0.535. The zero-order valence-electron chi connectivity index (χ0n) is 9.12. The van der Waals surface area contributed by atoms with Gasteiger partial charge in [0.2, 0.25) is 5.91 Å². The molecule has 0 atom stereocenters. The summed E-state index contributed by atoms with van der Waals surface area (Å²) in [6.45, 7) is 6.27. The lowest BCUT2D eigenvalue weighted by atomic mass is 10.5. The predicted octanol–water partition coefficient (Wildman–Crippen LogP) is -0.659. The molecule has 0 aliphatic carbocycles. The molecule has 0 aromatic rings. The van der Waals surface area contributed by atoms with E-state index >= 15 is 0 Å². The summed E-state index contributed by atoms with van der Waals surface area (Å²) in [5.74, 6) is -0.309.